The summed E-state index contributed by atoms with van der Waals surface area (Å²) in [4.78, 5) is 18.1. The number of nitrogens with two attached hydrogens (primary N) is 1. The van der Waals surface area contributed by atoms with Crippen molar-refractivity contribution in [2.24, 2.45) is 5.73 Å². The highest BCUT2D eigenvalue weighted by molar-refractivity contribution is 7.89. The van der Waals surface area contributed by atoms with Gasteiger partial charge in [0.05, 0.1) is 23.0 Å². The van der Waals surface area contributed by atoms with Crippen molar-refractivity contribution >= 4 is 49.5 Å². The maximum atomic E-state index is 13.7. The van der Waals surface area contributed by atoms with Crippen LogP contribution in [-0.4, -0.2) is 69.6 Å². The Hall–Kier alpha value is -3.77. The molecule has 0 bridgehead atoms. The predicted octanol–water partition coefficient (Wildman–Crippen LogP) is 3.47. The number of benzene rings is 3. The van der Waals surface area contributed by atoms with E-state index in [1.807, 2.05) is 24.3 Å². The van der Waals surface area contributed by atoms with Crippen molar-refractivity contribution in [1.29, 1.82) is 5.41 Å². The van der Waals surface area contributed by atoms with Gasteiger partial charge in [-0.25, -0.2) is 18.4 Å². The molecule has 5 aromatic rings. The van der Waals surface area contributed by atoms with Crippen molar-refractivity contribution in [2.45, 2.75) is 17.9 Å². The number of sulfonamides is 1. The van der Waals surface area contributed by atoms with Crippen molar-refractivity contribution < 1.29 is 8.42 Å². The maximum absolute atomic E-state index is 13.7. The SMILES string of the molecule is N=C(N)c1ccc2[nH]c(Cc3nc4c(S(=O)(=O)N5CCN(Cc6ccccc6)CC5)cc(Cl)cc4[nH]3)nc2c1. The van der Waals surface area contributed by atoms with Gasteiger partial charge in [0.25, 0.3) is 0 Å². The molecular weight excluding hydrogens is 536 g/mol. The second-order valence-electron chi connectivity index (χ2n) is 9.66. The number of nitrogens with zero attached hydrogens (tertiary/aromatic N) is 4. The highest BCUT2D eigenvalue weighted by atomic mass is 35.5. The molecule has 6 rings (SSSR count). The summed E-state index contributed by atoms with van der Waals surface area (Å²) < 4.78 is 29.0. The van der Waals surface area contributed by atoms with Crippen LogP contribution in [0.2, 0.25) is 5.02 Å². The fourth-order valence-electron chi connectivity index (χ4n) is 4.96. The minimum atomic E-state index is -3.82. The first-order valence-electron chi connectivity index (χ1n) is 12.5. The van der Waals surface area contributed by atoms with Crippen LogP contribution in [0.15, 0.2) is 65.6 Å². The first-order chi connectivity index (χ1) is 18.8. The standard InChI is InChI=1S/C27H27ClN8O2S/c28-19-13-22-26(34-25(33-22)15-24-31-20-7-6-18(27(29)30)12-21(20)32-24)23(14-19)39(37,38)36-10-8-35(9-11-36)16-17-4-2-1-3-5-17/h1-7,12-14H,8-11,15-16H2,(H3,29,30)(H,31,32)(H,33,34). The molecule has 0 unspecified atom stereocenters. The minimum Gasteiger partial charge on any atom is -0.384 e. The number of nitrogen functional groups attached to an aromatic ring is 1. The zero-order chi connectivity index (χ0) is 27.1. The van der Waals surface area contributed by atoms with E-state index in [9.17, 15) is 8.42 Å². The van der Waals surface area contributed by atoms with Gasteiger partial charge in [0.2, 0.25) is 10.0 Å². The lowest BCUT2D eigenvalue weighted by molar-refractivity contribution is 0.181. The summed E-state index contributed by atoms with van der Waals surface area (Å²) in [5, 5.41) is 7.95. The Morgan fingerprint density at radius 1 is 0.949 bits per heavy atom. The summed E-state index contributed by atoms with van der Waals surface area (Å²) >= 11 is 6.36. The summed E-state index contributed by atoms with van der Waals surface area (Å²) in [7, 11) is -3.82. The van der Waals surface area contributed by atoms with Crippen LogP contribution in [0, 0.1) is 5.41 Å². The molecule has 200 valence electrons. The smallest absolute Gasteiger partial charge is 0.245 e. The van der Waals surface area contributed by atoms with E-state index in [0.29, 0.717) is 71.4 Å². The van der Waals surface area contributed by atoms with Crippen LogP contribution in [0.1, 0.15) is 22.8 Å². The molecule has 0 amide bonds. The molecule has 0 spiro atoms. The monoisotopic (exact) mass is 562 g/mol. The van der Waals surface area contributed by atoms with Gasteiger partial charge >= 0.3 is 0 Å². The van der Waals surface area contributed by atoms with Crippen molar-refractivity contribution in [1.82, 2.24) is 29.1 Å². The third-order valence-electron chi connectivity index (χ3n) is 6.94. The van der Waals surface area contributed by atoms with Gasteiger partial charge in [-0.15, -0.1) is 0 Å². The van der Waals surface area contributed by atoms with Crippen LogP contribution in [0.25, 0.3) is 22.1 Å². The Bertz CT molecular complexity index is 1790. The minimum absolute atomic E-state index is 0.0260. The Balaban J connectivity index is 1.24. The average molecular weight is 563 g/mol. The topological polar surface area (TPSA) is 148 Å². The van der Waals surface area contributed by atoms with E-state index in [-0.39, 0.29) is 10.7 Å². The van der Waals surface area contributed by atoms with Gasteiger partial charge < -0.3 is 15.7 Å². The zero-order valence-corrected chi connectivity index (χ0v) is 22.6. The number of nitrogens with one attached hydrogen (secondary N) is 3. The lowest BCUT2D eigenvalue weighted by Gasteiger charge is -2.34. The summed E-state index contributed by atoms with van der Waals surface area (Å²) in [5.74, 6) is 1.18. The van der Waals surface area contributed by atoms with Crippen LogP contribution in [0.4, 0.5) is 0 Å². The number of hydrogen-bond donors (Lipinski definition) is 4. The number of imidazole rings is 2. The van der Waals surface area contributed by atoms with Crippen molar-refractivity contribution in [3.05, 3.63) is 88.5 Å². The number of halogens is 1. The van der Waals surface area contributed by atoms with Gasteiger partial charge in [-0.3, -0.25) is 10.3 Å². The molecule has 3 heterocycles. The lowest BCUT2D eigenvalue weighted by Crippen LogP contribution is -2.48. The molecule has 3 aromatic carbocycles. The summed E-state index contributed by atoms with van der Waals surface area (Å²) in [6.07, 6.45) is 0.327. The van der Waals surface area contributed by atoms with Crippen molar-refractivity contribution in [3.8, 4) is 0 Å². The van der Waals surface area contributed by atoms with Gasteiger partial charge in [-0.1, -0.05) is 41.9 Å². The van der Waals surface area contributed by atoms with Crippen molar-refractivity contribution in [3.63, 3.8) is 0 Å². The Morgan fingerprint density at radius 2 is 1.67 bits per heavy atom. The van der Waals surface area contributed by atoms with Crippen LogP contribution >= 0.6 is 11.6 Å². The normalized spacial score (nSPS) is 15.3. The number of hydrogen-bond acceptors (Lipinski definition) is 6. The molecule has 2 aromatic heterocycles. The Labute approximate surface area is 230 Å². The van der Waals surface area contributed by atoms with E-state index in [0.717, 1.165) is 12.1 Å². The zero-order valence-electron chi connectivity index (χ0n) is 21.0. The number of aromatic nitrogens is 4. The molecule has 10 nitrogen and oxygen atoms in total. The number of H-pyrrole nitrogens is 2. The number of piperazine rings is 1. The van der Waals surface area contributed by atoms with E-state index in [1.54, 1.807) is 18.2 Å². The summed E-state index contributed by atoms with van der Waals surface area (Å²) in [5.41, 5.74) is 9.80. The molecule has 1 aliphatic heterocycles. The van der Waals surface area contributed by atoms with Crippen LogP contribution in [0.3, 0.4) is 0 Å². The fourth-order valence-corrected chi connectivity index (χ4v) is 6.84. The molecular formula is C27H27ClN8O2S. The molecule has 1 aliphatic rings. The van der Waals surface area contributed by atoms with E-state index >= 15 is 0 Å². The van der Waals surface area contributed by atoms with Gasteiger partial charge in [0.15, 0.2) is 0 Å². The first kappa shape index (κ1) is 25.5. The van der Waals surface area contributed by atoms with E-state index in [4.69, 9.17) is 22.7 Å². The van der Waals surface area contributed by atoms with Gasteiger partial charge in [0, 0.05) is 43.3 Å². The molecule has 0 saturated carbocycles. The van der Waals surface area contributed by atoms with Crippen LogP contribution in [-0.2, 0) is 23.0 Å². The highest BCUT2D eigenvalue weighted by Crippen LogP contribution is 2.29. The average Bonchev–Trinajstić information content (AvgIpc) is 3.51. The largest absolute Gasteiger partial charge is 0.384 e. The van der Waals surface area contributed by atoms with Crippen LogP contribution < -0.4 is 5.73 Å². The first-order valence-corrected chi connectivity index (χ1v) is 14.4. The Morgan fingerprint density at radius 3 is 2.41 bits per heavy atom. The highest BCUT2D eigenvalue weighted by Gasteiger charge is 2.31. The molecule has 0 atom stereocenters. The van der Waals surface area contributed by atoms with Crippen LogP contribution in [0.5, 0.6) is 0 Å². The summed E-state index contributed by atoms with van der Waals surface area (Å²) in [6.45, 7) is 2.85. The molecule has 1 saturated heterocycles. The molecule has 12 heteroatoms. The maximum Gasteiger partial charge on any atom is 0.245 e. The van der Waals surface area contributed by atoms with Gasteiger partial charge in [-0.05, 0) is 35.9 Å². The number of rotatable bonds is 7. The number of amidine groups is 1. The number of aromatic amines is 2. The van der Waals surface area contributed by atoms with Gasteiger partial charge in [0.1, 0.15) is 27.9 Å². The van der Waals surface area contributed by atoms with Crippen molar-refractivity contribution in [2.75, 3.05) is 26.2 Å². The molecule has 0 radical (unpaired) electrons. The third kappa shape index (κ3) is 5.13. The molecule has 5 N–H and O–H groups in total. The van der Waals surface area contributed by atoms with Gasteiger partial charge in [-0.2, -0.15) is 4.31 Å². The van der Waals surface area contributed by atoms with E-state index in [1.165, 1.54) is 15.9 Å². The quantitative estimate of drug-likeness (QED) is 0.176. The summed E-state index contributed by atoms with van der Waals surface area (Å²) in [6, 6.07) is 18.7. The lowest BCUT2D eigenvalue weighted by atomic mass is 10.2. The van der Waals surface area contributed by atoms with E-state index in [2.05, 4.69) is 37.0 Å². The molecule has 1 fully saturated rings. The second kappa shape index (κ2) is 10.1. The third-order valence-corrected chi connectivity index (χ3v) is 9.07. The fraction of sp³-hybridized carbons (Fsp3) is 0.222. The van der Waals surface area contributed by atoms with E-state index < -0.39 is 10.0 Å². The Kier molecular flexibility index (Phi) is 6.59. The molecule has 0 aliphatic carbocycles. The molecule has 39 heavy (non-hydrogen) atoms. The predicted molar refractivity (Wildman–Crippen MR) is 151 cm³/mol. The second-order valence-corrected chi connectivity index (χ2v) is 12.0. The number of fused-ring (bicyclic) bond motifs is 2.